The fourth-order valence-corrected chi connectivity index (χ4v) is 1.87. The minimum absolute atomic E-state index is 0.206. The van der Waals surface area contributed by atoms with E-state index < -0.39 is 0 Å². The van der Waals surface area contributed by atoms with Gasteiger partial charge in [0.25, 0.3) is 0 Å². The number of amidine groups is 1. The monoisotopic (exact) mass is 207 g/mol. The first-order valence-corrected chi connectivity index (χ1v) is 5.08. The van der Waals surface area contributed by atoms with Gasteiger partial charge in [0, 0.05) is 6.42 Å². The number of hydrogen-bond acceptors (Lipinski definition) is 2. The molecule has 1 heterocycles. The second-order valence-electron chi connectivity index (χ2n) is 3.72. The first-order valence-electron chi connectivity index (χ1n) is 5.08. The van der Waals surface area contributed by atoms with Crippen LogP contribution in [0.1, 0.15) is 30.9 Å². The van der Waals surface area contributed by atoms with Crippen LogP contribution in [0.5, 0.6) is 0 Å². The Labute approximate surface area is 88.2 Å². The molecule has 0 radical (unpaired) electrons. The number of piperidine rings is 1. The number of benzene rings is 1. The van der Waals surface area contributed by atoms with Gasteiger partial charge in [-0.2, -0.15) is 5.10 Å². The average molecular weight is 207 g/mol. The highest BCUT2D eigenvalue weighted by Crippen LogP contribution is 2.23. The zero-order valence-electron chi connectivity index (χ0n) is 8.41. The molecular weight excluding hydrogens is 193 g/mol. The SMILES string of the molecule is N/N=C1/CCCC(c2ccc(F)cc2)N1. The van der Waals surface area contributed by atoms with Crippen LogP contribution in [0.4, 0.5) is 4.39 Å². The van der Waals surface area contributed by atoms with Crippen LogP contribution in [-0.2, 0) is 0 Å². The average Bonchev–Trinajstić information content (AvgIpc) is 2.30. The molecule has 0 bridgehead atoms. The Balaban J connectivity index is 2.13. The number of nitrogens with zero attached hydrogens (tertiary/aromatic N) is 1. The van der Waals surface area contributed by atoms with Gasteiger partial charge in [-0.05, 0) is 30.5 Å². The normalized spacial score (nSPS) is 23.8. The summed E-state index contributed by atoms with van der Waals surface area (Å²) in [5, 5.41) is 6.91. The van der Waals surface area contributed by atoms with Crippen LogP contribution in [0.15, 0.2) is 29.4 Å². The van der Waals surface area contributed by atoms with E-state index in [-0.39, 0.29) is 11.9 Å². The van der Waals surface area contributed by atoms with E-state index in [0.717, 1.165) is 30.7 Å². The molecule has 1 saturated heterocycles. The van der Waals surface area contributed by atoms with Crippen molar-refractivity contribution >= 4 is 5.84 Å². The minimum Gasteiger partial charge on any atom is -0.365 e. The van der Waals surface area contributed by atoms with Crippen LogP contribution in [0.3, 0.4) is 0 Å². The number of halogens is 1. The molecule has 1 atom stereocenters. The Kier molecular flexibility index (Phi) is 2.85. The molecule has 1 aromatic rings. The third-order valence-electron chi connectivity index (χ3n) is 2.68. The quantitative estimate of drug-likeness (QED) is 0.546. The van der Waals surface area contributed by atoms with Crippen molar-refractivity contribution in [1.29, 1.82) is 0 Å². The lowest BCUT2D eigenvalue weighted by molar-refractivity contribution is 0.523. The molecule has 0 aromatic heterocycles. The summed E-state index contributed by atoms with van der Waals surface area (Å²) in [5.41, 5.74) is 1.08. The van der Waals surface area contributed by atoms with Crippen molar-refractivity contribution in [3.8, 4) is 0 Å². The highest BCUT2D eigenvalue weighted by Gasteiger charge is 2.18. The Hall–Kier alpha value is -1.58. The summed E-state index contributed by atoms with van der Waals surface area (Å²) in [5.74, 6) is 5.86. The Morgan fingerprint density at radius 3 is 2.73 bits per heavy atom. The van der Waals surface area contributed by atoms with Crippen molar-refractivity contribution in [2.45, 2.75) is 25.3 Å². The molecule has 1 aliphatic heterocycles. The summed E-state index contributed by atoms with van der Waals surface area (Å²) in [4.78, 5) is 0. The van der Waals surface area contributed by atoms with Gasteiger partial charge < -0.3 is 11.2 Å². The fourth-order valence-electron chi connectivity index (χ4n) is 1.87. The molecule has 80 valence electrons. The van der Waals surface area contributed by atoms with Gasteiger partial charge in [0.1, 0.15) is 11.7 Å². The van der Waals surface area contributed by atoms with Crippen molar-refractivity contribution in [3.63, 3.8) is 0 Å². The van der Waals surface area contributed by atoms with Crippen LogP contribution < -0.4 is 11.2 Å². The van der Waals surface area contributed by atoms with Crippen molar-refractivity contribution in [1.82, 2.24) is 5.32 Å². The van der Waals surface area contributed by atoms with Crippen LogP contribution in [0.2, 0.25) is 0 Å². The molecule has 3 N–H and O–H groups in total. The molecule has 4 heteroatoms. The molecule has 0 saturated carbocycles. The van der Waals surface area contributed by atoms with E-state index in [9.17, 15) is 4.39 Å². The van der Waals surface area contributed by atoms with Gasteiger partial charge in [-0.25, -0.2) is 4.39 Å². The zero-order chi connectivity index (χ0) is 10.7. The van der Waals surface area contributed by atoms with Gasteiger partial charge in [0.05, 0.1) is 6.04 Å². The van der Waals surface area contributed by atoms with Crippen molar-refractivity contribution in [2.75, 3.05) is 0 Å². The van der Waals surface area contributed by atoms with Crippen LogP contribution in [-0.4, -0.2) is 5.84 Å². The smallest absolute Gasteiger partial charge is 0.123 e. The molecule has 3 nitrogen and oxygen atoms in total. The highest BCUT2D eigenvalue weighted by atomic mass is 19.1. The topological polar surface area (TPSA) is 50.4 Å². The largest absolute Gasteiger partial charge is 0.365 e. The Morgan fingerprint density at radius 1 is 1.33 bits per heavy atom. The Morgan fingerprint density at radius 2 is 2.07 bits per heavy atom. The molecule has 0 aliphatic carbocycles. The molecule has 15 heavy (non-hydrogen) atoms. The van der Waals surface area contributed by atoms with Crippen molar-refractivity contribution in [3.05, 3.63) is 35.6 Å². The maximum Gasteiger partial charge on any atom is 0.123 e. The zero-order valence-corrected chi connectivity index (χ0v) is 8.41. The van der Waals surface area contributed by atoms with E-state index in [1.165, 1.54) is 12.1 Å². The third kappa shape index (κ3) is 2.26. The molecule has 0 spiro atoms. The number of nitrogens with two attached hydrogens (primary N) is 1. The number of rotatable bonds is 1. The summed E-state index contributed by atoms with van der Waals surface area (Å²) in [6, 6.07) is 6.76. The molecule has 1 unspecified atom stereocenters. The predicted molar refractivity (Wildman–Crippen MR) is 57.8 cm³/mol. The van der Waals surface area contributed by atoms with Crippen LogP contribution in [0.25, 0.3) is 0 Å². The second kappa shape index (κ2) is 4.29. The molecular formula is C11H14FN3. The third-order valence-corrected chi connectivity index (χ3v) is 2.68. The first kappa shape index (κ1) is 9.96. The van der Waals surface area contributed by atoms with E-state index >= 15 is 0 Å². The van der Waals surface area contributed by atoms with E-state index in [1.54, 1.807) is 12.1 Å². The maximum atomic E-state index is 12.7. The van der Waals surface area contributed by atoms with Gasteiger partial charge in [-0.15, -0.1) is 0 Å². The lowest BCUT2D eigenvalue weighted by atomic mass is 9.97. The molecule has 1 aliphatic rings. The molecule has 1 fully saturated rings. The van der Waals surface area contributed by atoms with Gasteiger partial charge in [0.2, 0.25) is 0 Å². The Bertz CT molecular complexity index is 359. The van der Waals surface area contributed by atoms with Crippen LogP contribution in [0, 0.1) is 5.82 Å². The minimum atomic E-state index is -0.206. The van der Waals surface area contributed by atoms with E-state index in [1.807, 2.05) is 0 Å². The predicted octanol–water partition coefficient (Wildman–Crippen LogP) is 1.91. The van der Waals surface area contributed by atoms with Gasteiger partial charge >= 0.3 is 0 Å². The first-order chi connectivity index (χ1) is 7.29. The summed E-state index contributed by atoms with van der Waals surface area (Å²) in [7, 11) is 0. The lowest BCUT2D eigenvalue weighted by Gasteiger charge is -2.25. The van der Waals surface area contributed by atoms with E-state index in [4.69, 9.17) is 5.84 Å². The highest BCUT2D eigenvalue weighted by molar-refractivity contribution is 5.82. The standard InChI is InChI=1S/C11H14FN3/c12-9-6-4-8(5-7-9)10-2-1-3-11(14-10)15-13/h4-7,10H,1-3,13H2,(H,14,15). The maximum absolute atomic E-state index is 12.7. The van der Waals surface area contributed by atoms with E-state index in [2.05, 4.69) is 10.4 Å². The van der Waals surface area contributed by atoms with E-state index in [0.29, 0.717) is 0 Å². The summed E-state index contributed by atoms with van der Waals surface area (Å²) < 4.78 is 12.7. The van der Waals surface area contributed by atoms with Crippen LogP contribution >= 0.6 is 0 Å². The van der Waals surface area contributed by atoms with Gasteiger partial charge in [-0.3, -0.25) is 0 Å². The molecule has 1 aromatic carbocycles. The van der Waals surface area contributed by atoms with Gasteiger partial charge in [0.15, 0.2) is 0 Å². The lowest BCUT2D eigenvalue weighted by Crippen LogP contribution is -2.33. The molecule has 2 rings (SSSR count). The number of hydrazone groups is 1. The molecule has 0 amide bonds. The fraction of sp³-hybridized carbons (Fsp3) is 0.364. The number of hydrogen-bond donors (Lipinski definition) is 2. The summed E-state index contributed by atoms with van der Waals surface area (Å²) >= 11 is 0. The van der Waals surface area contributed by atoms with Gasteiger partial charge in [-0.1, -0.05) is 12.1 Å². The summed E-state index contributed by atoms with van der Waals surface area (Å²) in [6.07, 6.45) is 2.99. The summed E-state index contributed by atoms with van der Waals surface area (Å²) in [6.45, 7) is 0. The number of nitrogens with one attached hydrogen (secondary N) is 1. The van der Waals surface area contributed by atoms with Crippen molar-refractivity contribution < 1.29 is 4.39 Å². The second-order valence-corrected chi connectivity index (χ2v) is 3.72. The van der Waals surface area contributed by atoms with Crippen molar-refractivity contribution in [2.24, 2.45) is 10.9 Å².